The summed E-state index contributed by atoms with van der Waals surface area (Å²) in [5.74, 6) is 1.05. The Hall–Kier alpha value is -2.86. The van der Waals surface area contributed by atoms with E-state index in [4.69, 9.17) is 4.74 Å². The van der Waals surface area contributed by atoms with Gasteiger partial charge in [-0.15, -0.1) is 0 Å². The summed E-state index contributed by atoms with van der Waals surface area (Å²) >= 11 is 0. The van der Waals surface area contributed by atoms with Crippen LogP contribution in [0, 0.1) is 0 Å². The number of phenols is 1. The van der Waals surface area contributed by atoms with E-state index in [-0.39, 0.29) is 11.7 Å². The summed E-state index contributed by atoms with van der Waals surface area (Å²) in [6.07, 6.45) is 0.405. The molecule has 0 unspecified atom stereocenters. The van der Waals surface area contributed by atoms with Gasteiger partial charge in [-0.25, -0.2) is 4.98 Å². The number of methoxy groups -OCH3 is 1. The van der Waals surface area contributed by atoms with Crippen LogP contribution in [-0.4, -0.2) is 41.2 Å². The molecular weight excluding hydrogens is 306 g/mol. The van der Waals surface area contributed by atoms with Crippen LogP contribution in [0.5, 0.6) is 5.75 Å². The number of aromatic amines is 1. The molecule has 122 valence electrons. The first kappa shape index (κ1) is 14.7. The third kappa shape index (κ3) is 2.41. The van der Waals surface area contributed by atoms with Crippen molar-refractivity contribution in [3.05, 3.63) is 42.0 Å². The zero-order valence-corrected chi connectivity index (χ0v) is 13.2. The lowest BCUT2D eigenvalue weighted by Gasteiger charge is -2.16. The zero-order valence-electron chi connectivity index (χ0n) is 13.2. The minimum absolute atomic E-state index is 0.0912. The molecule has 1 amide bonds. The number of phenolic OH excluding ortho intramolecular Hbond substituents is 1. The minimum atomic E-state index is 0.0912. The van der Waals surface area contributed by atoms with Crippen molar-refractivity contribution in [2.75, 3.05) is 25.2 Å². The van der Waals surface area contributed by atoms with Gasteiger partial charge in [0.25, 0.3) is 0 Å². The van der Waals surface area contributed by atoms with Gasteiger partial charge in [0.05, 0.1) is 24.1 Å². The molecule has 1 aromatic heterocycles. The lowest BCUT2D eigenvalue weighted by atomic mass is 10.1. The number of aromatic nitrogens is 2. The van der Waals surface area contributed by atoms with Gasteiger partial charge in [-0.1, -0.05) is 0 Å². The average Bonchev–Trinajstić information content (AvgIpc) is 3.11. The molecule has 0 saturated carbocycles. The molecule has 2 aromatic carbocycles. The molecule has 1 aliphatic rings. The summed E-state index contributed by atoms with van der Waals surface area (Å²) in [5, 5.41) is 9.40. The Kier molecular flexibility index (Phi) is 3.46. The number of nitrogens with one attached hydrogen (secondary N) is 1. The van der Waals surface area contributed by atoms with Crippen LogP contribution >= 0.6 is 0 Å². The van der Waals surface area contributed by atoms with Crippen LogP contribution in [0.1, 0.15) is 5.56 Å². The van der Waals surface area contributed by atoms with Gasteiger partial charge in [-0.3, -0.25) is 4.79 Å². The van der Waals surface area contributed by atoms with Gasteiger partial charge in [-0.05, 0) is 42.0 Å². The Bertz CT molecular complexity index is 915. The molecule has 0 fully saturated rings. The monoisotopic (exact) mass is 323 g/mol. The highest BCUT2D eigenvalue weighted by molar-refractivity contribution is 6.04. The maximum absolute atomic E-state index is 12.2. The largest absolute Gasteiger partial charge is 0.508 e. The number of ether oxygens (including phenoxy) is 1. The number of carbonyl (C=O) groups excluding carboxylic acids is 1. The Morgan fingerprint density at radius 3 is 2.83 bits per heavy atom. The van der Waals surface area contributed by atoms with Gasteiger partial charge >= 0.3 is 0 Å². The van der Waals surface area contributed by atoms with Crippen molar-refractivity contribution < 1.29 is 14.6 Å². The number of hydrogen-bond acceptors (Lipinski definition) is 4. The second kappa shape index (κ2) is 5.65. The molecule has 6 nitrogen and oxygen atoms in total. The van der Waals surface area contributed by atoms with Crippen molar-refractivity contribution in [3.8, 4) is 17.1 Å². The summed E-state index contributed by atoms with van der Waals surface area (Å²) < 4.78 is 5.09. The minimum Gasteiger partial charge on any atom is -0.508 e. The lowest BCUT2D eigenvalue weighted by molar-refractivity contribution is -0.117. The number of fused-ring (bicyclic) bond motifs is 2. The van der Waals surface area contributed by atoms with Crippen molar-refractivity contribution in [2.24, 2.45) is 0 Å². The Labute approximate surface area is 138 Å². The van der Waals surface area contributed by atoms with Crippen molar-refractivity contribution >= 4 is 22.6 Å². The number of aromatic hydroxyl groups is 1. The summed E-state index contributed by atoms with van der Waals surface area (Å²) in [6.45, 7) is 1.05. The first-order valence-electron chi connectivity index (χ1n) is 7.77. The van der Waals surface area contributed by atoms with Crippen LogP contribution in [0.3, 0.4) is 0 Å². The summed E-state index contributed by atoms with van der Waals surface area (Å²) in [7, 11) is 1.63. The number of carbonyl (C=O) groups is 1. The molecule has 24 heavy (non-hydrogen) atoms. The van der Waals surface area contributed by atoms with E-state index < -0.39 is 0 Å². The predicted octanol–water partition coefficient (Wildman–Crippen LogP) is 2.47. The van der Waals surface area contributed by atoms with Crippen LogP contribution in [-0.2, 0) is 16.0 Å². The smallest absolute Gasteiger partial charge is 0.231 e. The lowest BCUT2D eigenvalue weighted by Crippen LogP contribution is -2.30. The summed E-state index contributed by atoms with van der Waals surface area (Å²) in [5.41, 5.74) is 4.53. The molecule has 2 N–H and O–H groups in total. The van der Waals surface area contributed by atoms with Crippen LogP contribution < -0.4 is 4.90 Å². The summed E-state index contributed by atoms with van der Waals surface area (Å²) in [4.78, 5) is 21.8. The highest BCUT2D eigenvalue weighted by Gasteiger charge is 2.28. The fourth-order valence-electron chi connectivity index (χ4n) is 3.06. The van der Waals surface area contributed by atoms with E-state index in [9.17, 15) is 9.90 Å². The normalized spacial score (nSPS) is 13.7. The Morgan fingerprint density at radius 1 is 1.29 bits per heavy atom. The standard InChI is InChI=1S/C18H17N3O3/c1-24-7-6-21-16-10-15-14(8-12(16)9-17(21)23)19-18(20-15)11-2-4-13(22)5-3-11/h2-5,8,10,22H,6-7,9H2,1H3,(H,19,20). The van der Waals surface area contributed by atoms with E-state index >= 15 is 0 Å². The van der Waals surface area contributed by atoms with Crippen LogP contribution in [0.4, 0.5) is 5.69 Å². The average molecular weight is 323 g/mol. The number of hydrogen-bond donors (Lipinski definition) is 2. The number of rotatable bonds is 4. The number of benzene rings is 2. The maximum atomic E-state index is 12.2. The maximum Gasteiger partial charge on any atom is 0.231 e. The van der Waals surface area contributed by atoms with E-state index in [0.29, 0.717) is 19.6 Å². The predicted molar refractivity (Wildman–Crippen MR) is 91.1 cm³/mol. The van der Waals surface area contributed by atoms with E-state index in [1.54, 1.807) is 24.1 Å². The van der Waals surface area contributed by atoms with Gasteiger partial charge < -0.3 is 19.7 Å². The fraction of sp³-hybridized carbons (Fsp3) is 0.222. The van der Waals surface area contributed by atoms with Gasteiger partial charge in [0.1, 0.15) is 11.6 Å². The molecule has 2 heterocycles. The number of H-pyrrole nitrogens is 1. The molecule has 0 spiro atoms. The van der Waals surface area contributed by atoms with Crippen molar-refractivity contribution in [3.63, 3.8) is 0 Å². The van der Waals surface area contributed by atoms with Crippen LogP contribution in [0.25, 0.3) is 22.4 Å². The van der Waals surface area contributed by atoms with E-state index in [2.05, 4.69) is 9.97 Å². The molecule has 0 bridgehead atoms. The molecular formula is C18H17N3O3. The molecule has 6 heteroatoms. The van der Waals surface area contributed by atoms with E-state index in [1.807, 2.05) is 24.3 Å². The van der Waals surface area contributed by atoms with E-state index in [1.165, 1.54) is 0 Å². The highest BCUT2D eigenvalue weighted by atomic mass is 16.5. The summed E-state index contributed by atoms with van der Waals surface area (Å²) in [6, 6.07) is 10.8. The van der Waals surface area contributed by atoms with Crippen molar-refractivity contribution in [1.29, 1.82) is 0 Å². The molecule has 0 radical (unpaired) electrons. The molecule has 0 aliphatic carbocycles. The molecule has 3 aromatic rings. The SMILES string of the molecule is COCCN1C(=O)Cc2cc3[nH]c(-c4ccc(O)cc4)nc3cc21. The third-order valence-corrected chi connectivity index (χ3v) is 4.28. The number of nitrogens with zero attached hydrogens (tertiary/aromatic N) is 2. The second-order valence-electron chi connectivity index (χ2n) is 5.85. The highest BCUT2D eigenvalue weighted by Crippen LogP contribution is 2.33. The number of imidazole rings is 1. The first-order chi connectivity index (χ1) is 11.7. The van der Waals surface area contributed by atoms with Crippen molar-refractivity contribution in [1.82, 2.24) is 9.97 Å². The Morgan fingerprint density at radius 2 is 2.08 bits per heavy atom. The Balaban J connectivity index is 1.74. The van der Waals surface area contributed by atoms with Crippen LogP contribution in [0.15, 0.2) is 36.4 Å². The van der Waals surface area contributed by atoms with Crippen molar-refractivity contribution in [2.45, 2.75) is 6.42 Å². The topological polar surface area (TPSA) is 78.5 Å². The second-order valence-corrected chi connectivity index (χ2v) is 5.85. The molecule has 0 atom stereocenters. The first-order valence-corrected chi connectivity index (χ1v) is 7.77. The zero-order chi connectivity index (χ0) is 16.7. The van der Waals surface area contributed by atoms with E-state index in [0.717, 1.165) is 33.7 Å². The molecule has 0 saturated heterocycles. The quantitative estimate of drug-likeness (QED) is 0.773. The number of amides is 1. The molecule has 1 aliphatic heterocycles. The fourth-order valence-corrected chi connectivity index (χ4v) is 3.06. The van der Waals surface area contributed by atoms with Gasteiger partial charge in [0, 0.05) is 24.9 Å². The van der Waals surface area contributed by atoms with Gasteiger partial charge in [0.2, 0.25) is 5.91 Å². The third-order valence-electron chi connectivity index (χ3n) is 4.28. The van der Waals surface area contributed by atoms with Gasteiger partial charge in [-0.2, -0.15) is 0 Å². The number of anilines is 1. The van der Waals surface area contributed by atoms with Crippen LogP contribution in [0.2, 0.25) is 0 Å². The van der Waals surface area contributed by atoms with Gasteiger partial charge in [0.15, 0.2) is 0 Å². The molecule has 4 rings (SSSR count).